The van der Waals surface area contributed by atoms with Crippen LogP contribution in [0, 0.1) is 12.3 Å². The van der Waals surface area contributed by atoms with E-state index in [1.807, 2.05) is 0 Å². The zero-order valence-electron chi connectivity index (χ0n) is 11.8. The van der Waals surface area contributed by atoms with Crippen LogP contribution in [0.3, 0.4) is 0 Å². The first-order valence-corrected chi connectivity index (χ1v) is 6.78. The molecule has 0 saturated carbocycles. The molecule has 2 N–H and O–H groups in total. The first-order chi connectivity index (χ1) is 10.1. The van der Waals surface area contributed by atoms with Crippen LogP contribution in [-0.2, 0) is 4.79 Å². The van der Waals surface area contributed by atoms with Crippen LogP contribution < -0.4 is 4.90 Å². The summed E-state index contributed by atoms with van der Waals surface area (Å²) in [4.78, 5) is 24.4. The van der Waals surface area contributed by atoms with Gasteiger partial charge in [0, 0.05) is 25.1 Å². The summed E-state index contributed by atoms with van der Waals surface area (Å²) in [5.74, 6) is 1.40. The Kier molecular flexibility index (Phi) is 6.99. The van der Waals surface area contributed by atoms with E-state index >= 15 is 0 Å². The summed E-state index contributed by atoms with van der Waals surface area (Å²) >= 11 is 0. The molecule has 1 rings (SSSR count). The molecule has 21 heavy (non-hydrogen) atoms. The first kappa shape index (κ1) is 16.7. The summed E-state index contributed by atoms with van der Waals surface area (Å²) in [6.45, 7) is 0.0250. The molecular weight excluding hydrogens is 270 g/mol. The molecule has 5 heteroatoms. The number of nitrogens with zero attached hydrogens (tertiary/aromatic N) is 1. The fourth-order valence-corrected chi connectivity index (χ4v) is 1.92. The molecule has 1 amide bonds. The zero-order valence-corrected chi connectivity index (χ0v) is 11.8. The molecule has 0 heterocycles. The Morgan fingerprint density at radius 2 is 1.86 bits per heavy atom. The van der Waals surface area contributed by atoms with E-state index in [4.69, 9.17) is 16.6 Å². The lowest BCUT2D eigenvalue weighted by Gasteiger charge is -2.22. The van der Waals surface area contributed by atoms with E-state index in [1.54, 1.807) is 12.1 Å². The van der Waals surface area contributed by atoms with Gasteiger partial charge in [-0.25, -0.2) is 4.79 Å². The number of hydrogen-bond donors (Lipinski definition) is 2. The molecule has 0 aliphatic heterocycles. The van der Waals surface area contributed by atoms with Crippen molar-refractivity contribution in [3.05, 3.63) is 29.8 Å². The second-order valence-electron chi connectivity index (χ2n) is 4.53. The number of anilines is 1. The van der Waals surface area contributed by atoms with Crippen LogP contribution in [0.25, 0.3) is 0 Å². The molecule has 0 atom stereocenters. The van der Waals surface area contributed by atoms with Crippen molar-refractivity contribution in [3.63, 3.8) is 0 Å². The van der Waals surface area contributed by atoms with E-state index in [9.17, 15) is 9.59 Å². The minimum atomic E-state index is -1.02. The summed E-state index contributed by atoms with van der Waals surface area (Å²) in [5, 5.41) is 17.9. The van der Waals surface area contributed by atoms with Gasteiger partial charge in [-0.2, -0.15) is 0 Å². The smallest absolute Gasteiger partial charge is 0.335 e. The normalized spacial score (nSPS) is 9.90. The van der Waals surface area contributed by atoms with E-state index in [-0.39, 0.29) is 24.6 Å². The van der Waals surface area contributed by atoms with Gasteiger partial charge in [0.15, 0.2) is 0 Å². The molecule has 5 nitrogen and oxygen atoms in total. The molecular formula is C16H19NO4. The lowest BCUT2D eigenvalue weighted by atomic mass is 10.1. The summed E-state index contributed by atoms with van der Waals surface area (Å²) < 4.78 is 0. The average Bonchev–Trinajstić information content (AvgIpc) is 2.49. The van der Waals surface area contributed by atoms with E-state index in [2.05, 4.69) is 5.92 Å². The Morgan fingerprint density at radius 3 is 2.38 bits per heavy atom. The van der Waals surface area contributed by atoms with Gasteiger partial charge < -0.3 is 15.1 Å². The Hall–Kier alpha value is -2.32. The number of carbonyl (C=O) groups is 2. The molecule has 0 bridgehead atoms. The average molecular weight is 289 g/mol. The van der Waals surface area contributed by atoms with Gasteiger partial charge in [-0.15, -0.1) is 12.3 Å². The highest BCUT2D eigenvalue weighted by atomic mass is 16.4. The van der Waals surface area contributed by atoms with Crippen LogP contribution >= 0.6 is 0 Å². The van der Waals surface area contributed by atoms with Crippen LogP contribution in [0.15, 0.2) is 24.3 Å². The SMILES string of the molecule is C#CCCCCC(=O)N(CCO)c1ccc(C(=O)O)cc1. The van der Waals surface area contributed by atoms with Crippen LogP contribution in [0.2, 0.25) is 0 Å². The maximum atomic E-state index is 12.2. The Balaban J connectivity index is 2.73. The van der Waals surface area contributed by atoms with Gasteiger partial charge in [0.1, 0.15) is 0 Å². The number of carbonyl (C=O) groups excluding carboxylic acids is 1. The Bertz CT molecular complexity index is 516. The number of amides is 1. The lowest BCUT2D eigenvalue weighted by Crippen LogP contribution is -2.33. The van der Waals surface area contributed by atoms with Gasteiger partial charge in [-0.05, 0) is 37.1 Å². The van der Waals surface area contributed by atoms with Crippen LogP contribution in [0.5, 0.6) is 0 Å². The number of aliphatic hydroxyl groups excluding tert-OH is 1. The lowest BCUT2D eigenvalue weighted by molar-refractivity contribution is -0.118. The van der Waals surface area contributed by atoms with Crippen molar-refractivity contribution in [2.45, 2.75) is 25.7 Å². The molecule has 1 aromatic rings. The van der Waals surface area contributed by atoms with Crippen molar-refractivity contribution >= 4 is 17.6 Å². The molecule has 0 saturated heterocycles. The number of hydrogen-bond acceptors (Lipinski definition) is 3. The molecule has 0 radical (unpaired) electrons. The third kappa shape index (κ3) is 5.28. The van der Waals surface area contributed by atoms with Gasteiger partial charge in [0.25, 0.3) is 0 Å². The van der Waals surface area contributed by atoms with Gasteiger partial charge in [0.05, 0.1) is 12.2 Å². The van der Waals surface area contributed by atoms with Crippen LogP contribution in [0.4, 0.5) is 5.69 Å². The molecule has 0 unspecified atom stereocenters. The van der Waals surface area contributed by atoms with Crippen molar-refractivity contribution in [2.75, 3.05) is 18.1 Å². The zero-order chi connectivity index (χ0) is 15.7. The van der Waals surface area contributed by atoms with Crippen LogP contribution in [0.1, 0.15) is 36.0 Å². The standard InChI is InChI=1S/C16H19NO4/c1-2-3-4-5-6-15(19)17(11-12-18)14-9-7-13(8-10-14)16(20)21/h1,7-10,18H,3-6,11-12H2,(H,20,21). The second kappa shape index (κ2) is 8.77. The van der Waals surface area contributed by atoms with Crippen molar-refractivity contribution in [1.29, 1.82) is 0 Å². The fraction of sp³-hybridized carbons (Fsp3) is 0.375. The van der Waals surface area contributed by atoms with Gasteiger partial charge >= 0.3 is 5.97 Å². The third-order valence-electron chi connectivity index (χ3n) is 3.01. The maximum Gasteiger partial charge on any atom is 0.335 e. The molecule has 0 aliphatic rings. The molecule has 0 spiro atoms. The monoisotopic (exact) mass is 289 g/mol. The number of unbranched alkanes of at least 4 members (excludes halogenated alkanes) is 2. The highest BCUT2D eigenvalue weighted by molar-refractivity contribution is 5.94. The van der Waals surface area contributed by atoms with E-state index in [0.717, 1.165) is 6.42 Å². The van der Waals surface area contributed by atoms with E-state index in [1.165, 1.54) is 17.0 Å². The molecule has 0 aliphatic carbocycles. The second-order valence-corrected chi connectivity index (χ2v) is 4.53. The number of terminal acetylenes is 1. The van der Waals surface area contributed by atoms with E-state index in [0.29, 0.717) is 24.9 Å². The van der Waals surface area contributed by atoms with Crippen molar-refractivity contribution in [3.8, 4) is 12.3 Å². The molecule has 0 aromatic heterocycles. The first-order valence-electron chi connectivity index (χ1n) is 6.78. The number of carboxylic acids is 1. The van der Waals surface area contributed by atoms with Crippen molar-refractivity contribution in [2.24, 2.45) is 0 Å². The minimum absolute atomic E-state index is 0.107. The van der Waals surface area contributed by atoms with E-state index < -0.39 is 5.97 Å². The predicted octanol–water partition coefficient (Wildman–Crippen LogP) is 1.90. The summed E-state index contributed by atoms with van der Waals surface area (Å²) in [6, 6.07) is 6.01. The minimum Gasteiger partial charge on any atom is -0.478 e. The molecule has 112 valence electrons. The highest BCUT2D eigenvalue weighted by Crippen LogP contribution is 2.17. The third-order valence-corrected chi connectivity index (χ3v) is 3.01. The maximum absolute atomic E-state index is 12.2. The molecule has 1 aromatic carbocycles. The topological polar surface area (TPSA) is 77.8 Å². The predicted molar refractivity (Wildman–Crippen MR) is 80.1 cm³/mol. The summed E-state index contributed by atoms with van der Waals surface area (Å²) in [6.07, 6.45) is 7.62. The summed E-state index contributed by atoms with van der Waals surface area (Å²) in [7, 11) is 0. The number of carboxylic acid groups (broad SMARTS) is 1. The van der Waals surface area contributed by atoms with Gasteiger partial charge in [0.2, 0.25) is 5.91 Å². The largest absolute Gasteiger partial charge is 0.478 e. The number of benzene rings is 1. The fourth-order valence-electron chi connectivity index (χ4n) is 1.92. The Labute approximate surface area is 124 Å². The number of aliphatic hydroxyl groups is 1. The van der Waals surface area contributed by atoms with Gasteiger partial charge in [-0.1, -0.05) is 0 Å². The number of rotatable bonds is 8. The van der Waals surface area contributed by atoms with Crippen molar-refractivity contribution in [1.82, 2.24) is 0 Å². The highest BCUT2D eigenvalue weighted by Gasteiger charge is 2.15. The quantitative estimate of drug-likeness (QED) is 0.566. The van der Waals surface area contributed by atoms with Gasteiger partial charge in [-0.3, -0.25) is 4.79 Å². The molecule has 0 fully saturated rings. The number of aromatic carboxylic acids is 1. The Morgan fingerprint density at radius 1 is 1.19 bits per heavy atom. The summed E-state index contributed by atoms with van der Waals surface area (Å²) in [5.41, 5.74) is 0.736. The van der Waals surface area contributed by atoms with Crippen LogP contribution in [-0.4, -0.2) is 35.2 Å². The van der Waals surface area contributed by atoms with Crippen molar-refractivity contribution < 1.29 is 19.8 Å².